The minimum atomic E-state index is -0.0729. The third kappa shape index (κ3) is 4.07. The molecule has 3 nitrogen and oxygen atoms in total. The Bertz CT molecular complexity index is 591. The largest absolute Gasteiger partial charge is 0.493 e. The second-order valence-electron chi connectivity index (χ2n) is 7.85. The third-order valence-corrected chi connectivity index (χ3v) is 6.05. The number of hydrogen-bond acceptors (Lipinski definition) is 3. The van der Waals surface area contributed by atoms with Gasteiger partial charge in [-0.3, -0.25) is 4.79 Å². The standard InChI is InChI=1S/C21H32O3.C2H6/c1-7-8-11-21(15(2)12-17(22)14-20(21,3)4)16-9-10-18(23-5)19(13-16)24-6;1-2/h9-10,13,15H,7-8,11-12,14H2,1-6H3;1-2H3. The van der Waals surface area contributed by atoms with Crippen LogP contribution in [-0.4, -0.2) is 20.0 Å². The molecule has 0 heterocycles. The molecule has 0 aromatic heterocycles. The Morgan fingerprint density at radius 2 is 1.73 bits per heavy atom. The van der Waals surface area contributed by atoms with E-state index in [1.165, 1.54) is 5.56 Å². The van der Waals surface area contributed by atoms with Crippen LogP contribution < -0.4 is 9.47 Å². The Hall–Kier alpha value is -1.51. The van der Waals surface area contributed by atoms with Crippen molar-refractivity contribution in [3.8, 4) is 11.5 Å². The van der Waals surface area contributed by atoms with Gasteiger partial charge < -0.3 is 9.47 Å². The Balaban J connectivity index is 0.00000163. The Morgan fingerprint density at radius 1 is 1.12 bits per heavy atom. The summed E-state index contributed by atoms with van der Waals surface area (Å²) in [5.41, 5.74) is 1.19. The Labute approximate surface area is 160 Å². The fourth-order valence-corrected chi connectivity index (χ4v) is 4.88. The molecule has 0 amide bonds. The lowest BCUT2D eigenvalue weighted by atomic mass is 9.49. The lowest BCUT2D eigenvalue weighted by molar-refractivity contribution is -0.129. The first kappa shape index (κ1) is 22.5. The normalized spacial score (nSPS) is 24.5. The molecule has 148 valence electrons. The van der Waals surface area contributed by atoms with Crippen LogP contribution in [0.1, 0.15) is 79.2 Å². The van der Waals surface area contributed by atoms with E-state index < -0.39 is 0 Å². The van der Waals surface area contributed by atoms with Crippen LogP contribution in [0.5, 0.6) is 11.5 Å². The maximum absolute atomic E-state index is 12.3. The van der Waals surface area contributed by atoms with Crippen LogP contribution >= 0.6 is 0 Å². The molecule has 0 radical (unpaired) electrons. The highest BCUT2D eigenvalue weighted by Crippen LogP contribution is 2.57. The molecule has 1 saturated carbocycles. The van der Waals surface area contributed by atoms with Gasteiger partial charge in [0, 0.05) is 18.3 Å². The van der Waals surface area contributed by atoms with Crippen molar-refractivity contribution in [2.45, 2.75) is 79.1 Å². The summed E-state index contributed by atoms with van der Waals surface area (Å²) in [4.78, 5) is 12.3. The highest BCUT2D eigenvalue weighted by atomic mass is 16.5. The Kier molecular flexibility index (Phi) is 8.17. The summed E-state index contributed by atoms with van der Waals surface area (Å²) in [5, 5.41) is 0. The quantitative estimate of drug-likeness (QED) is 0.606. The summed E-state index contributed by atoms with van der Waals surface area (Å²) in [6.45, 7) is 13.0. The molecule has 0 aliphatic heterocycles. The predicted molar refractivity (Wildman–Crippen MR) is 109 cm³/mol. The summed E-state index contributed by atoms with van der Waals surface area (Å²) >= 11 is 0. The fraction of sp³-hybridized carbons (Fsp3) is 0.696. The summed E-state index contributed by atoms with van der Waals surface area (Å²) in [6.07, 6.45) is 4.74. The van der Waals surface area contributed by atoms with Gasteiger partial charge in [-0.05, 0) is 35.4 Å². The lowest BCUT2D eigenvalue weighted by Gasteiger charge is -2.54. The molecular weight excluding hydrogens is 324 g/mol. The van der Waals surface area contributed by atoms with Gasteiger partial charge in [0.1, 0.15) is 5.78 Å². The van der Waals surface area contributed by atoms with E-state index in [0.29, 0.717) is 24.5 Å². The molecule has 2 rings (SSSR count). The first-order valence-electron chi connectivity index (χ1n) is 10.1. The van der Waals surface area contributed by atoms with Crippen molar-refractivity contribution in [1.29, 1.82) is 0 Å². The molecule has 26 heavy (non-hydrogen) atoms. The van der Waals surface area contributed by atoms with E-state index in [0.717, 1.165) is 30.8 Å². The van der Waals surface area contributed by atoms with E-state index in [9.17, 15) is 4.79 Å². The molecule has 1 aromatic rings. The molecular formula is C23H38O3. The van der Waals surface area contributed by atoms with Crippen LogP contribution in [0.4, 0.5) is 0 Å². The summed E-state index contributed by atoms with van der Waals surface area (Å²) in [6, 6.07) is 6.30. The van der Waals surface area contributed by atoms with Crippen LogP contribution in [0, 0.1) is 11.3 Å². The Morgan fingerprint density at radius 3 is 2.23 bits per heavy atom. The topological polar surface area (TPSA) is 35.5 Å². The van der Waals surface area contributed by atoms with Crippen LogP contribution in [0.25, 0.3) is 0 Å². The molecule has 3 heteroatoms. The number of carbonyl (C=O) groups excluding carboxylic acids is 1. The van der Waals surface area contributed by atoms with E-state index in [4.69, 9.17) is 9.47 Å². The second-order valence-corrected chi connectivity index (χ2v) is 7.85. The first-order chi connectivity index (χ1) is 12.3. The maximum Gasteiger partial charge on any atom is 0.161 e. The zero-order valence-corrected chi connectivity index (χ0v) is 18.1. The van der Waals surface area contributed by atoms with Crippen molar-refractivity contribution in [2.75, 3.05) is 14.2 Å². The number of Topliss-reactive ketones (excluding diaryl/α,β-unsaturated/α-hetero) is 1. The highest BCUT2D eigenvalue weighted by molar-refractivity contribution is 5.81. The van der Waals surface area contributed by atoms with Gasteiger partial charge >= 0.3 is 0 Å². The number of ether oxygens (including phenoxy) is 2. The molecule has 1 aromatic carbocycles. The number of methoxy groups -OCH3 is 2. The number of benzene rings is 1. The highest BCUT2D eigenvalue weighted by Gasteiger charge is 2.53. The number of ketones is 1. The monoisotopic (exact) mass is 362 g/mol. The van der Waals surface area contributed by atoms with Crippen molar-refractivity contribution in [2.24, 2.45) is 11.3 Å². The molecule has 1 aliphatic carbocycles. The van der Waals surface area contributed by atoms with Crippen molar-refractivity contribution in [3.05, 3.63) is 23.8 Å². The van der Waals surface area contributed by atoms with Crippen molar-refractivity contribution >= 4 is 5.78 Å². The predicted octanol–water partition coefficient (Wildman–Crippen LogP) is 6.18. The number of unbranched alkanes of at least 4 members (excludes halogenated alkanes) is 1. The zero-order chi connectivity index (χ0) is 20.0. The second kappa shape index (κ2) is 9.43. The fourth-order valence-electron chi connectivity index (χ4n) is 4.88. The lowest BCUT2D eigenvalue weighted by Crippen LogP contribution is -2.52. The molecule has 0 spiro atoms. The molecule has 0 N–H and O–H groups in total. The van der Waals surface area contributed by atoms with E-state index in [-0.39, 0.29) is 10.8 Å². The molecule has 0 bridgehead atoms. The van der Waals surface area contributed by atoms with E-state index in [1.54, 1.807) is 14.2 Å². The number of rotatable bonds is 6. The van der Waals surface area contributed by atoms with Gasteiger partial charge in [-0.1, -0.05) is 60.5 Å². The number of hydrogen-bond donors (Lipinski definition) is 0. The SMILES string of the molecule is CC.CCCCC1(c2ccc(OC)c(OC)c2)C(C)CC(=O)CC1(C)C. The average molecular weight is 363 g/mol. The molecule has 2 unspecified atom stereocenters. The molecule has 1 aliphatic rings. The van der Waals surface area contributed by atoms with Gasteiger partial charge in [-0.25, -0.2) is 0 Å². The van der Waals surface area contributed by atoms with Gasteiger partial charge in [0.25, 0.3) is 0 Å². The van der Waals surface area contributed by atoms with E-state index in [1.807, 2.05) is 19.9 Å². The molecule has 0 saturated heterocycles. The summed E-state index contributed by atoms with van der Waals surface area (Å²) < 4.78 is 11.0. The van der Waals surface area contributed by atoms with Crippen molar-refractivity contribution in [1.82, 2.24) is 0 Å². The number of carbonyl (C=O) groups is 1. The average Bonchev–Trinajstić information content (AvgIpc) is 2.62. The van der Waals surface area contributed by atoms with Gasteiger partial charge in [-0.15, -0.1) is 0 Å². The van der Waals surface area contributed by atoms with Gasteiger partial charge in [0.15, 0.2) is 11.5 Å². The zero-order valence-electron chi connectivity index (χ0n) is 18.1. The van der Waals surface area contributed by atoms with Gasteiger partial charge in [0.05, 0.1) is 14.2 Å². The van der Waals surface area contributed by atoms with Crippen LogP contribution in [0.15, 0.2) is 18.2 Å². The molecule has 1 fully saturated rings. The van der Waals surface area contributed by atoms with Crippen molar-refractivity contribution in [3.63, 3.8) is 0 Å². The first-order valence-corrected chi connectivity index (χ1v) is 10.1. The van der Waals surface area contributed by atoms with Crippen LogP contribution in [-0.2, 0) is 10.2 Å². The third-order valence-electron chi connectivity index (χ3n) is 6.05. The summed E-state index contributed by atoms with van der Waals surface area (Å²) in [7, 11) is 3.34. The maximum atomic E-state index is 12.3. The summed E-state index contributed by atoms with van der Waals surface area (Å²) in [5.74, 6) is 2.23. The van der Waals surface area contributed by atoms with E-state index >= 15 is 0 Å². The molecule has 2 atom stereocenters. The van der Waals surface area contributed by atoms with Gasteiger partial charge in [-0.2, -0.15) is 0 Å². The van der Waals surface area contributed by atoms with Gasteiger partial charge in [0.2, 0.25) is 0 Å². The van der Waals surface area contributed by atoms with Crippen LogP contribution in [0.3, 0.4) is 0 Å². The van der Waals surface area contributed by atoms with Crippen LogP contribution in [0.2, 0.25) is 0 Å². The smallest absolute Gasteiger partial charge is 0.161 e. The van der Waals surface area contributed by atoms with E-state index in [2.05, 4.69) is 39.8 Å². The minimum absolute atomic E-state index is 0.0174. The minimum Gasteiger partial charge on any atom is -0.493 e. The van der Waals surface area contributed by atoms with Crippen molar-refractivity contribution < 1.29 is 14.3 Å².